The molecule has 3 nitrogen and oxygen atoms in total. The number of nitrogens with zero attached hydrogens (tertiary/aromatic N) is 1. The molecule has 4 heteroatoms. The van der Waals surface area contributed by atoms with E-state index >= 15 is 0 Å². The molecule has 2 aromatic rings. The fraction of sp³-hybridized carbons (Fsp3) is 0.316. The topological polar surface area (TPSA) is 32.3 Å². The number of rotatable bonds is 4. The van der Waals surface area contributed by atoms with Crippen molar-refractivity contribution in [1.29, 1.82) is 0 Å². The van der Waals surface area contributed by atoms with Crippen LogP contribution in [0.25, 0.3) is 0 Å². The third kappa shape index (κ3) is 3.92. The summed E-state index contributed by atoms with van der Waals surface area (Å²) in [5.74, 6) is 0.00718. The van der Waals surface area contributed by atoms with E-state index in [9.17, 15) is 4.79 Å². The Bertz CT molecular complexity index is 687. The van der Waals surface area contributed by atoms with Gasteiger partial charge in [-0.05, 0) is 49.6 Å². The van der Waals surface area contributed by atoms with Crippen LogP contribution in [0.15, 0.2) is 48.5 Å². The fourth-order valence-corrected chi connectivity index (χ4v) is 3.30. The number of anilines is 1. The highest BCUT2D eigenvalue weighted by molar-refractivity contribution is 6.31. The second-order valence-corrected chi connectivity index (χ2v) is 6.46. The van der Waals surface area contributed by atoms with Crippen molar-refractivity contribution < 1.29 is 4.79 Å². The minimum Gasteiger partial charge on any atom is -0.325 e. The number of hydrogen-bond acceptors (Lipinski definition) is 2. The van der Waals surface area contributed by atoms with Crippen LogP contribution >= 0.6 is 11.6 Å². The van der Waals surface area contributed by atoms with Crippen molar-refractivity contribution in [1.82, 2.24) is 4.90 Å². The zero-order valence-corrected chi connectivity index (χ0v) is 14.0. The van der Waals surface area contributed by atoms with Crippen molar-refractivity contribution in [3.05, 3.63) is 64.7 Å². The van der Waals surface area contributed by atoms with Gasteiger partial charge in [0.05, 0.1) is 6.54 Å². The summed E-state index contributed by atoms with van der Waals surface area (Å²) >= 11 is 6.11. The SMILES string of the molecule is Cc1ccc(NC(=O)CN2CCC[C@@H]2c2ccccc2)cc1Cl. The first kappa shape index (κ1) is 16.0. The second kappa shape index (κ2) is 7.16. The van der Waals surface area contributed by atoms with Gasteiger partial charge in [-0.15, -0.1) is 0 Å². The number of aryl methyl sites for hydroxylation is 1. The molecular weight excluding hydrogens is 308 g/mol. The van der Waals surface area contributed by atoms with E-state index in [4.69, 9.17) is 11.6 Å². The van der Waals surface area contributed by atoms with Gasteiger partial charge in [0.15, 0.2) is 0 Å². The molecule has 0 radical (unpaired) electrons. The minimum absolute atomic E-state index is 0.00718. The highest BCUT2D eigenvalue weighted by atomic mass is 35.5. The average molecular weight is 329 g/mol. The van der Waals surface area contributed by atoms with Gasteiger partial charge in [0.1, 0.15) is 0 Å². The van der Waals surface area contributed by atoms with E-state index in [1.54, 1.807) is 6.07 Å². The van der Waals surface area contributed by atoms with E-state index in [0.717, 1.165) is 30.6 Å². The first-order valence-corrected chi connectivity index (χ1v) is 8.36. The maximum absolute atomic E-state index is 12.3. The van der Waals surface area contributed by atoms with Crippen LogP contribution in [0.1, 0.15) is 30.0 Å². The zero-order valence-electron chi connectivity index (χ0n) is 13.3. The molecule has 120 valence electrons. The lowest BCUT2D eigenvalue weighted by Gasteiger charge is -2.24. The minimum atomic E-state index is 0.00718. The normalized spacial score (nSPS) is 18.1. The Balaban J connectivity index is 1.64. The van der Waals surface area contributed by atoms with Gasteiger partial charge in [-0.3, -0.25) is 9.69 Å². The molecule has 1 heterocycles. The maximum atomic E-state index is 12.3. The first-order chi connectivity index (χ1) is 11.1. The van der Waals surface area contributed by atoms with E-state index in [1.807, 2.05) is 25.1 Å². The summed E-state index contributed by atoms with van der Waals surface area (Å²) in [4.78, 5) is 14.6. The van der Waals surface area contributed by atoms with E-state index in [-0.39, 0.29) is 5.91 Å². The predicted molar refractivity (Wildman–Crippen MR) is 94.8 cm³/mol. The third-order valence-electron chi connectivity index (χ3n) is 4.35. The molecule has 1 atom stereocenters. The van der Waals surface area contributed by atoms with Crippen molar-refractivity contribution >= 4 is 23.2 Å². The first-order valence-electron chi connectivity index (χ1n) is 7.98. The molecule has 1 amide bonds. The summed E-state index contributed by atoms with van der Waals surface area (Å²) in [6.07, 6.45) is 2.23. The van der Waals surface area contributed by atoms with E-state index < -0.39 is 0 Å². The molecule has 2 aromatic carbocycles. The molecule has 3 rings (SSSR count). The van der Waals surface area contributed by atoms with Gasteiger partial charge in [0.2, 0.25) is 5.91 Å². The monoisotopic (exact) mass is 328 g/mol. The lowest BCUT2D eigenvalue weighted by Crippen LogP contribution is -2.32. The van der Waals surface area contributed by atoms with Gasteiger partial charge < -0.3 is 5.32 Å². The van der Waals surface area contributed by atoms with Crippen LogP contribution in [0.4, 0.5) is 5.69 Å². The van der Waals surface area contributed by atoms with E-state index in [1.165, 1.54) is 5.56 Å². The average Bonchev–Trinajstić information content (AvgIpc) is 3.00. The summed E-state index contributed by atoms with van der Waals surface area (Å²) in [7, 11) is 0. The molecule has 1 fully saturated rings. The molecular formula is C19H21ClN2O. The van der Waals surface area contributed by atoms with Crippen molar-refractivity contribution in [2.75, 3.05) is 18.4 Å². The van der Waals surface area contributed by atoms with Crippen LogP contribution in [0.5, 0.6) is 0 Å². The summed E-state index contributed by atoms with van der Waals surface area (Å²) in [6, 6.07) is 16.4. The lowest BCUT2D eigenvalue weighted by molar-refractivity contribution is -0.117. The Hall–Kier alpha value is -1.84. The highest BCUT2D eigenvalue weighted by Crippen LogP contribution is 2.31. The number of benzene rings is 2. The second-order valence-electron chi connectivity index (χ2n) is 6.05. The quantitative estimate of drug-likeness (QED) is 0.900. The molecule has 23 heavy (non-hydrogen) atoms. The number of carbonyl (C=O) groups is 1. The fourth-order valence-electron chi connectivity index (χ4n) is 3.12. The third-order valence-corrected chi connectivity index (χ3v) is 4.76. The van der Waals surface area contributed by atoms with Crippen molar-refractivity contribution in [3.8, 4) is 0 Å². The number of halogens is 1. The molecule has 0 bridgehead atoms. The number of carbonyl (C=O) groups excluding carboxylic acids is 1. The van der Waals surface area contributed by atoms with Crippen LogP contribution in [0.2, 0.25) is 5.02 Å². The van der Waals surface area contributed by atoms with Gasteiger partial charge in [-0.1, -0.05) is 48.0 Å². The molecule has 0 unspecified atom stereocenters. The molecule has 1 aliphatic heterocycles. The number of nitrogens with one attached hydrogen (secondary N) is 1. The van der Waals surface area contributed by atoms with Crippen LogP contribution in [0, 0.1) is 6.92 Å². The Morgan fingerprint density at radius 1 is 1.26 bits per heavy atom. The summed E-state index contributed by atoms with van der Waals surface area (Å²) in [5, 5.41) is 3.62. The lowest BCUT2D eigenvalue weighted by atomic mass is 10.0. The smallest absolute Gasteiger partial charge is 0.238 e. The Kier molecular flexibility index (Phi) is 4.99. The standard InChI is InChI=1S/C19H21ClN2O/c1-14-9-10-16(12-17(14)20)21-19(23)13-22-11-5-8-18(22)15-6-3-2-4-7-15/h2-4,6-7,9-10,12,18H,5,8,11,13H2,1H3,(H,21,23)/t18-/m1/s1. The molecule has 1 saturated heterocycles. The molecule has 0 aliphatic carbocycles. The number of likely N-dealkylation sites (tertiary alicyclic amines) is 1. The van der Waals surface area contributed by atoms with Gasteiger partial charge in [-0.25, -0.2) is 0 Å². The van der Waals surface area contributed by atoms with E-state index in [2.05, 4.69) is 34.5 Å². The Labute approximate surface area is 142 Å². The molecule has 0 saturated carbocycles. The summed E-state index contributed by atoms with van der Waals surface area (Å²) < 4.78 is 0. The van der Waals surface area contributed by atoms with Crippen LogP contribution in [-0.2, 0) is 4.79 Å². The molecule has 0 spiro atoms. The van der Waals surface area contributed by atoms with Crippen LogP contribution < -0.4 is 5.32 Å². The van der Waals surface area contributed by atoms with Crippen molar-refractivity contribution in [2.24, 2.45) is 0 Å². The van der Waals surface area contributed by atoms with Crippen molar-refractivity contribution in [2.45, 2.75) is 25.8 Å². The number of amides is 1. The molecule has 1 aliphatic rings. The van der Waals surface area contributed by atoms with Crippen LogP contribution in [0.3, 0.4) is 0 Å². The van der Waals surface area contributed by atoms with Gasteiger partial charge in [-0.2, -0.15) is 0 Å². The highest BCUT2D eigenvalue weighted by Gasteiger charge is 2.27. The maximum Gasteiger partial charge on any atom is 0.238 e. The Morgan fingerprint density at radius 2 is 2.04 bits per heavy atom. The van der Waals surface area contributed by atoms with Gasteiger partial charge >= 0.3 is 0 Å². The van der Waals surface area contributed by atoms with Gasteiger partial charge in [0.25, 0.3) is 0 Å². The molecule has 0 aromatic heterocycles. The molecule has 1 N–H and O–H groups in total. The van der Waals surface area contributed by atoms with Gasteiger partial charge in [0, 0.05) is 16.8 Å². The van der Waals surface area contributed by atoms with Crippen molar-refractivity contribution in [3.63, 3.8) is 0 Å². The van der Waals surface area contributed by atoms with E-state index in [0.29, 0.717) is 17.6 Å². The zero-order chi connectivity index (χ0) is 16.2. The predicted octanol–water partition coefficient (Wildman–Crippen LogP) is 4.42. The number of hydrogen-bond donors (Lipinski definition) is 1. The summed E-state index contributed by atoms with van der Waals surface area (Å²) in [5.41, 5.74) is 3.05. The van der Waals surface area contributed by atoms with Crippen LogP contribution in [-0.4, -0.2) is 23.9 Å². The summed E-state index contributed by atoms with van der Waals surface area (Å²) in [6.45, 7) is 3.31. The largest absolute Gasteiger partial charge is 0.325 e. The Morgan fingerprint density at radius 3 is 2.78 bits per heavy atom.